The number of hydrogen-bond donors (Lipinski definition) is 1. The van der Waals surface area contributed by atoms with Gasteiger partial charge in [-0.15, -0.1) is 11.8 Å². The van der Waals surface area contributed by atoms with E-state index >= 15 is 0 Å². The molecule has 0 aliphatic carbocycles. The van der Waals surface area contributed by atoms with E-state index in [-0.39, 0.29) is 0 Å². The van der Waals surface area contributed by atoms with Gasteiger partial charge in [0, 0.05) is 11.3 Å². The molecule has 0 radical (unpaired) electrons. The first-order valence-electron chi connectivity index (χ1n) is 2.81. The first-order valence-corrected chi connectivity index (χ1v) is 3.69. The summed E-state index contributed by atoms with van der Waals surface area (Å²) >= 11 is 1.86. The Labute approximate surface area is 54.3 Å². The van der Waals surface area contributed by atoms with Crippen LogP contribution in [0, 0.1) is 0 Å². The van der Waals surface area contributed by atoms with Gasteiger partial charge in [0.05, 0.1) is 0 Å². The van der Waals surface area contributed by atoms with Crippen LogP contribution in [0.15, 0.2) is 11.0 Å². The third kappa shape index (κ3) is 1.06. The van der Waals surface area contributed by atoms with Gasteiger partial charge in [0.1, 0.15) is 0 Å². The zero-order valence-corrected chi connectivity index (χ0v) is 6.03. The van der Waals surface area contributed by atoms with E-state index in [0.29, 0.717) is 11.3 Å². The zero-order chi connectivity index (χ0) is 6.15. The minimum atomic E-state index is 0.292. The SMILES string of the molecule is CC1=CC(N)C(C)S1. The third-order valence-corrected chi connectivity index (χ3v) is 2.53. The minimum absolute atomic E-state index is 0.292. The van der Waals surface area contributed by atoms with Crippen LogP contribution in [0.25, 0.3) is 0 Å². The van der Waals surface area contributed by atoms with Gasteiger partial charge in [-0.25, -0.2) is 0 Å². The highest BCUT2D eigenvalue weighted by Crippen LogP contribution is 2.29. The maximum absolute atomic E-state index is 5.67. The maximum atomic E-state index is 5.67. The van der Waals surface area contributed by atoms with Crippen LogP contribution < -0.4 is 5.73 Å². The number of allylic oxidation sites excluding steroid dienone is 1. The Hall–Kier alpha value is 0.0500. The molecule has 2 N–H and O–H groups in total. The van der Waals surface area contributed by atoms with Crippen LogP contribution in [0.4, 0.5) is 0 Å². The highest BCUT2D eigenvalue weighted by atomic mass is 32.2. The Kier molecular flexibility index (Phi) is 1.63. The largest absolute Gasteiger partial charge is 0.323 e. The molecule has 1 rings (SSSR count). The molecule has 1 nitrogen and oxygen atoms in total. The van der Waals surface area contributed by atoms with Crippen molar-refractivity contribution in [3.8, 4) is 0 Å². The standard InChI is InChI=1S/C6H11NS/c1-4-3-6(7)5(2)8-4/h3,5-6H,7H2,1-2H3. The molecule has 0 amide bonds. The van der Waals surface area contributed by atoms with E-state index in [1.165, 1.54) is 4.91 Å². The van der Waals surface area contributed by atoms with Crippen LogP contribution >= 0.6 is 11.8 Å². The minimum Gasteiger partial charge on any atom is -0.323 e. The molecule has 2 unspecified atom stereocenters. The summed E-state index contributed by atoms with van der Waals surface area (Å²) in [5.74, 6) is 0. The van der Waals surface area contributed by atoms with Gasteiger partial charge in [-0.05, 0) is 11.8 Å². The zero-order valence-electron chi connectivity index (χ0n) is 5.22. The van der Waals surface area contributed by atoms with Gasteiger partial charge in [-0.2, -0.15) is 0 Å². The van der Waals surface area contributed by atoms with Crippen LogP contribution in [0.1, 0.15) is 13.8 Å². The monoisotopic (exact) mass is 129 g/mol. The molecule has 0 aromatic heterocycles. The summed E-state index contributed by atoms with van der Waals surface area (Å²) in [7, 11) is 0. The van der Waals surface area contributed by atoms with E-state index in [1.807, 2.05) is 11.8 Å². The molecule has 2 heteroatoms. The average Bonchev–Trinajstić information content (AvgIpc) is 1.85. The van der Waals surface area contributed by atoms with Gasteiger partial charge in [0.2, 0.25) is 0 Å². The van der Waals surface area contributed by atoms with Crippen molar-refractivity contribution in [3.05, 3.63) is 11.0 Å². The van der Waals surface area contributed by atoms with Crippen molar-refractivity contribution >= 4 is 11.8 Å². The van der Waals surface area contributed by atoms with Gasteiger partial charge >= 0.3 is 0 Å². The van der Waals surface area contributed by atoms with Crippen LogP contribution in [0.5, 0.6) is 0 Å². The lowest BCUT2D eigenvalue weighted by Crippen LogP contribution is -2.24. The molecule has 0 aromatic rings. The quantitative estimate of drug-likeness (QED) is 0.534. The molecule has 2 atom stereocenters. The van der Waals surface area contributed by atoms with Crippen molar-refractivity contribution in [1.29, 1.82) is 0 Å². The molecule has 1 aliphatic heterocycles. The smallest absolute Gasteiger partial charge is 0.0356 e. The fraction of sp³-hybridized carbons (Fsp3) is 0.667. The van der Waals surface area contributed by atoms with Crippen molar-refractivity contribution < 1.29 is 0 Å². The van der Waals surface area contributed by atoms with Gasteiger partial charge in [-0.3, -0.25) is 0 Å². The van der Waals surface area contributed by atoms with E-state index in [2.05, 4.69) is 19.9 Å². The van der Waals surface area contributed by atoms with Crippen molar-refractivity contribution in [3.63, 3.8) is 0 Å². The summed E-state index contributed by atoms with van der Waals surface area (Å²) in [6, 6.07) is 0.292. The van der Waals surface area contributed by atoms with E-state index in [4.69, 9.17) is 5.73 Å². The van der Waals surface area contributed by atoms with E-state index in [0.717, 1.165) is 0 Å². The lowest BCUT2D eigenvalue weighted by molar-refractivity contribution is 0.813. The first kappa shape index (κ1) is 6.17. The van der Waals surface area contributed by atoms with E-state index < -0.39 is 0 Å². The Morgan fingerprint density at radius 2 is 2.38 bits per heavy atom. The Balaban J connectivity index is 2.56. The van der Waals surface area contributed by atoms with Crippen molar-refractivity contribution in [1.82, 2.24) is 0 Å². The number of rotatable bonds is 0. The molecule has 0 aromatic carbocycles. The molecule has 0 saturated heterocycles. The molecule has 1 aliphatic rings. The predicted molar refractivity (Wildman–Crippen MR) is 38.8 cm³/mol. The Bertz CT molecular complexity index is 120. The summed E-state index contributed by atoms with van der Waals surface area (Å²) in [5.41, 5.74) is 5.67. The van der Waals surface area contributed by atoms with Crippen LogP contribution in [-0.4, -0.2) is 11.3 Å². The molecule has 1 heterocycles. The summed E-state index contributed by atoms with van der Waals surface area (Å²) < 4.78 is 0. The Morgan fingerprint density at radius 3 is 2.50 bits per heavy atom. The summed E-state index contributed by atoms with van der Waals surface area (Å²) in [5, 5.41) is 0.593. The van der Waals surface area contributed by atoms with Crippen molar-refractivity contribution in [2.75, 3.05) is 0 Å². The van der Waals surface area contributed by atoms with Gasteiger partial charge in [-0.1, -0.05) is 13.0 Å². The average molecular weight is 129 g/mol. The lowest BCUT2D eigenvalue weighted by atomic mass is 10.2. The molecule has 0 fully saturated rings. The van der Waals surface area contributed by atoms with Gasteiger partial charge < -0.3 is 5.73 Å². The summed E-state index contributed by atoms with van der Waals surface area (Å²) in [4.78, 5) is 1.37. The fourth-order valence-electron chi connectivity index (χ4n) is 0.818. The topological polar surface area (TPSA) is 26.0 Å². The molecular weight excluding hydrogens is 118 g/mol. The molecule has 46 valence electrons. The second-order valence-corrected chi connectivity index (χ2v) is 3.80. The number of hydrogen-bond acceptors (Lipinski definition) is 2. The maximum Gasteiger partial charge on any atom is 0.0356 e. The molecule has 8 heavy (non-hydrogen) atoms. The van der Waals surface area contributed by atoms with Crippen molar-refractivity contribution in [2.45, 2.75) is 25.1 Å². The normalized spacial score (nSPS) is 37.6. The molecule has 0 bridgehead atoms. The fourth-order valence-corrected chi connectivity index (χ4v) is 1.88. The second kappa shape index (κ2) is 2.11. The molecule has 0 spiro atoms. The first-order chi connectivity index (χ1) is 3.70. The van der Waals surface area contributed by atoms with Crippen LogP contribution in [0.2, 0.25) is 0 Å². The third-order valence-electron chi connectivity index (χ3n) is 1.34. The van der Waals surface area contributed by atoms with Crippen LogP contribution in [0.3, 0.4) is 0 Å². The highest BCUT2D eigenvalue weighted by Gasteiger charge is 2.17. The number of nitrogens with two attached hydrogens (primary N) is 1. The number of thioether (sulfide) groups is 1. The highest BCUT2D eigenvalue weighted by molar-refractivity contribution is 8.03. The molecule has 0 saturated carbocycles. The predicted octanol–water partition coefficient (Wildman–Crippen LogP) is 1.35. The van der Waals surface area contributed by atoms with Gasteiger partial charge in [0.15, 0.2) is 0 Å². The van der Waals surface area contributed by atoms with E-state index in [1.54, 1.807) is 0 Å². The van der Waals surface area contributed by atoms with E-state index in [9.17, 15) is 0 Å². The Morgan fingerprint density at radius 1 is 1.75 bits per heavy atom. The van der Waals surface area contributed by atoms with Gasteiger partial charge in [0.25, 0.3) is 0 Å². The summed E-state index contributed by atoms with van der Waals surface area (Å²) in [6.07, 6.45) is 2.12. The molecular formula is C6H11NS. The van der Waals surface area contributed by atoms with Crippen molar-refractivity contribution in [2.24, 2.45) is 5.73 Å². The lowest BCUT2D eigenvalue weighted by Gasteiger charge is -2.04. The van der Waals surface area contributed by atoms with Crippen LogP contribution in [-0.2, 0) is 0 Å². The second-order valence-electron chi connectivity index (χ2n) is 2.18. The summed E-state index contributed by atoms with van der Waals surface area (Å²) in [6.45, 7) is 4.26.